The number of anilines is 1. The summed E-state index contributed by atoms with van der Waals surface area (Å²) in [5, 5.41) is 3.75. The summed E-state index contributed by atoms with van der Waals surface area (Å²) in [6.45, 7) is 8.67. The SMILES string of the molecule is [C-]#[N+]c1cc(CN(C)C(=O)c2ccc(F)cc2[C@@H](C)Oc2nc(Br)cnc2N)no1. The van der Waals surface area contributed by atoms with Crippen molar-refractivity contribution in [1.29, 1.82) is 0 Å². The molecule has 0 bridgehead atoms. The normalized spacial score (nSPS) is 11.6. The summed E-state index contributed by atoms with van der Waals surface area (Å²) < 4.78 is 24.9. The topological polar surface area (TPSA) is 112 Å². The predicted octanol–water partition coefficient (Wildman–Crippen LogP) is 3.91. The van der Waals surface area contributed by atoms with E-state index in [1.807, 2.05) is 0 Å². The molecule has 3 aromatic rings. The molecule has 0 spiro atoms. The monoisotopic (exact) mass is 474 g/mol. The Morgan fingerprint density at radius 1 is 1.47 bits per heavy atom. The van der Waals surface area contributed by atoms with Gasteiger partial charge in [-0.2, -0.15) is 4.85 Å². The standard InChI is InChI=1S/C19H16BrFN6O3/c1-10(29-18-17(22)24-8-15(20)25-18)14-6-11(21)4-5-13(14)19(28)27(3)9-12-7-16(23-2)30-26-12/h4-8,10H,9H2,1,3H3,(H2,22,24)/t10-/m1/s1. The van der Waals surface area contributed by atoms with Gasteiger partial charge in [-0.1, -0.05) is 5.16 Å². The lowest BCUT2D eigenvalue weighted by Gasteiger charge is -2.21. The summed E-state index contributed by atoms with van der Waals surface area (Å²) >= 11 is 3.19. The molecule has 0 aliphatic carbocycles. The number of hydrogen-bond donors (Lipinski definition) is 1. The van der Waals surface area contributed by atoms with Crippen LogP contribution >= 0.6 is 15.9 Å². The minimum absolute atomic E-state index is 0.0306. The molecule has 2 N–H and O–H groups in total. The highest BCUT2D eigenvalue weighted by atomic mass is 79.9. The molecule has 0 saturated carbocycles. The van der Waals surface area contributed by atoms with E-state index in [0.29, 0.717) is 15.9 Å². The lowest BCUT2D eigenvalue weighted by atomic mass is 10.0. The lowest BCUT2D eigenvalue weighted by Crippen LogP contribution is -2.28. The molecular weight excluding hydrogens is 459 g/mol. The minimum atomic E-state index is -0.750. The molecular formula is C19H16BrFN6O3. The average molecular weight is 475 g/mol. The van der Waals surface area contributed by atoms with Crippen LogP contribution in [-0.2, 0) is 6.54 Å². The fourth-order valence-corrected chi connectivity index (χ4v) is 2.96. The number of aromatic nitrogens is 3. The van der Waals surface area contributed by atoms with Gasteiger partial charge in [-0.05, 0) is 41.1 Å². The Kier molecular flexibility index (Phi) is 6.27. The van der Waals surface area contributed by atoms with Crippen LogP contribution in [0.4, 0.5) is 16.1 Å². The second-order valence-electron chi connectivity index (χ2n) is 6.30. The molecule has 0 aliphatic heterocycles. The van der Waals surface area contributed by atoms with Crippen molar-refractivity contribution >= 4 is 33.5 Å². The molecule has 0 saturated heterocycles. The molecule has 0 aliphatic rings. The third-order valence-electron chi connectivity index (χ3n) is 4.11. The average Bonchev–Trinajstić information content (AvgIpc) is 3.17. The van der Waals surface area contributed by atoms with E-state index in [-0.39, 0.29) is 35.6 Å². The van der Waals surface area contributed by atoms with Gasteiger partial charge in [0.2, 0.25) is 0 Å². The quantitative estimate of drug-likeness (QED) is 0.538. The Morgan fingerprint density at radius 3 is 2.93 bits per heavy atom. The van der Waals surface area contributed by atoms with Crippen molar-refractivity contribution in [3.8, 4) is 5.88 Å². The molecule has 3 rings (SSSR count). The summed E-state index contributed by atoms with van der Waals surface area (Å²) in [6.07, 6.45) is 0.669. The first-order valence-corrected chi connectivity index (χ1v) is 9.40. The molecule has 2 aromatic heterocycles. The van der Waals surface area contributed by atoms with Crippen molar-refractivity contribution in [2.75, 3.05) is 12.8 Å². The number of amides is 1. The summed E-state index contributed by atoms with van der Waals surface area (Å²) in [4.78, 5) is 25.6. The van der Waals surface area contributed by atoms with Crippen LogP contribution in [-0.4, -0.2) is 33.0 Å². The van der Waals surface area contributed by atoms with Crippen LogP contribution in [0.1, 0.15) is 34.6 Å². The first kappa shape index (κ1) is 21.2. The molecule has 9 nitrogen and oxygen atoms in total. The number of carbonyl (C=O) groups is 1. The number of nitrogens with zero attached hydrogens (tertiary/aromatic N) is 5. The molecule has 30 heavy (non-hydrogen) atoms. The van der Waals surface area contributed by atoms with Gasteiger partial charge in [-0.3, -0.25) is 4.79 Å². The zero-order valence-corrected chi connectivity index (χ0v) is 17.6. The Bertz CT molecular complexity index is 1130. The van der Waals surface area contributed by atoms with E-state index in [2.05, 4.69) is 35.9 Å². The van der Waals surface area contributed by atoms with Crippen molar-refractivity contribution in [3.63, 3.8) is 0 Å². The second kappa shape index (κ2) is 8.87. The van der Waals surface area contributed by atoms with Crippen LogP contribution in [0.2, 0.25) is 0 Å². The number of carbonyl (C=O) groups excluding carboxylic acids is 1. The van der Waals surface area contributed by atoms with Gasteiger partial charge < -0.3 is 19.9 Å². The largest absolute Gasteiger partial charge is 0.467 e. The Labute approximate surface area is 179 Å². The zero-order chi connectivity index (χ0) is 21.8. The molecule has 1 amide bonds. The van der Waals surface area contributed by atoms with E-state index >= 15 is 0 Å². The maximum atomic E-state index is 14.0. The molecule has 1 aromatic carbocycles. The maximum Gasteiger partial charge on any atom is 0.367 e. The second-order valence-corrected chi connectivity index (χ2v) is 7.12. The van der Waals surface area contributed by atoms with Gasteiger partial charge in [0.05, 0.1) is 25.0 Å². The van der Waals surface area contributed by atoms with Gasteiger partial charge in [0.15, 0.2) is 5.82 Å². The van der Waals surface area contributed by atoms with Crippen LogP contribution in [0.25, 0.3) is 4.85 Å². The van der Waals surface area contributed by atoms with Crippen LogP contribution < -0.4 is 10.5 Å². The molecule has 11 heteroatoms. The van der Waals surface area contributed by atoms with Gasteiger partial charge in [0.25, 0.3) is 11.8 Å². The maximum absolute atomic E-state index is 14.0. The number of hydrogen-bond acceptors (Lipinski definition) is 7. The van der Waals surface area contributed by atoms with E-state index in [4.69, 9.17) is 21.6 Å². The minimum Gasteiger partial charge on any atom is -0.467 e. The molecule has 1 atom stereocenters. The number of nitrogen functional groups attached to an aromatic ring is 1. The number of ether oxygens (including phenoxy) is 1. The Balaban J connectivity index is 1.85. The van der Waals surface area contributed by atoms with Gasteiger partial charge in [-0.25, -0.2) is 14.4 Å². The van der Waals surface area contributed by atoms with E-state index in [0.717, 1.165) is 0 Å². The molecule has 0 unspecified atom stereocenters. The van der Waals surface area contributed by atoms with Crippen molar-refractivity contribution < 1.29 is 18.4 Å². The Hall–Kier alpha value is -3.52. The highest BCUT2D eigenvalue weighted by Crippen LogP contribution is 2.28. The Morgan fingerprint density at radius 2 is 2.23 bits per heavy atom. The molecule has 2 heterocycles. The van der Waals surface area contributed by atoms with E-state index in [1.165, 1.54) is 35.4 Å². The highest BCUT2D eigenvalue weighted by Gasteiger charge is 2.23. The predicted molar refractivity (Wildman–Crippen MR) is 108 cm³/mol. The van der Waals surface area contributed by atoms with Crippen molar-refractivity contribution in [2.24, 2.45) is 0 Å². The zero-order valence-electron chi connectivity index (χ0n) is 16.0. The molecule has 154 valence electrons. The fraction of sp³-hybridized carbons (Fsp3) is 0.211. The number of nitrogens with two attached hydrogens (primary N) is 1. The van der Waals surface area contributed by atoms with Crippen LogP contribution in [0, 0.1) is 12.4 Å². The highest BCUT2D eigenvalue weighted by molar-refractivity contribution is 9.10. The van der Waals surface area contributed by atoms with E-state index in [9.17, 15) is 9.18 Å². The number of halogens is 2. The summed E-state index contributed by atoms with van der Waals surface area (Å²) in [5.41, 5.74) is 6.76. The smallest absolute Gasteiger partial charge is 0.367 e. The first-order valence-electron chi connectivity index (χ1n) is 8.61. The third-order valence-corrected chi connectivity index (χ3v) is 4.49. The molecule has 0 fully saturated rings. The summed E-state index contributed by atoms with van der Waals surface area (Å²) in [7, 11) is 1.56. The summed E-state index contributed by atoms with van der Waals surface area (Å²) in [5.74, 6) is -0.759. The van der Waals surface area contributed by atoms with Crippen molar-refractivity contribution in [2.45, 2.75) is 19.6 Å². The first-order chi connectivity index (χ1) is 14.3. The number of benzene rings is 1. The molecule has 0 radical (unpaired) electrons. The van der Waals surface area contributed by atoms with Crippen molar-refractivity contribution in [3.05, 3.63) is 69.1 Å². The van der Waals surface area contributed by atoms with Crippen LogP contribution in [0.5, 0.6) is 5.88 Å². The van der Waals surface area contributed by atoms with Gasteiger partial charge in [0.1, 0.15) is 16.5 Å². The van der Waals surface area contributed by atoms with Crippen LogP contribution in [0.15, 0.2) is 39.6 Å². The number of rotatable bonds is 6. The van der Waals surface area contributed by atoms with Gasteiger partial charge >= 0.3 is 5.88 Å². The lowest BCUT2D eigenvalue weighted by molar-refractivity contribution is 0.0777. The van der Waals surface area contributed by atoms with Gasteiger partial charge in [-0.15, -0.1) is 0 Å². The third kappa shape index (κ3) is 4.72. The van der Waals surface area contributed by atoms with E-state index < -0.39 is 11.9 Å². The summed E-state index contributed by atoms with van der Waals surface area (Å²) in [6, 6.07) is 5.24. The van der Waals surface area contributed by atoms with Crippen molar-refractivity contribution in [1.82, 2.24) is 20.0 Å². The van der Waals surface area contributed by atoms with Crippen LogP contribution in [0.3, 0.4) is 0 Å². The van der Waals surface area contributed by atoms with Gasteiger partial charge in [0, 0.05) is 24.2 Å². The fourth-order valence-electron chi connectivity index (χ4n) is 2.69. The van der Waals surface area contributed by atoms with E-state index in [1.54, 1.807) is 14.0 Å².